The van der Waals surface area contributed by atoms with Gasteiger partial charge in [0.25, 0.3) is 0 Å². The fraction of sp³-hybridized carbons (Fsp3) is 0.500. The average molecular weight is 290 g/mol. The lowest BCUT2D eigenvalue weighted by Crippen LogP contribution is -2.28. The minimum Gasteiger partial charge on any atom is -0.481 e. The van der Waals surface area contributed by atoms with Crippen LogP contribution in [0.3, 0.4) is 0 Å². The van der Waals surface area contributed by atoms with Gasteiger partial charge in [-0.1, -0.05) is 6.07 Å². The molecule has 0 spiro atoms. The Bertz CT molecular complexity index is 546. The average Bonchev–Trinajstić information content (AvgIpc) is 2.49. The minimum atomic E-state index is -0.693. The second kappa shape index (κ2) is 7.19. The lowest BCUT2D eigenvalue weighted by Gasteiger charge is -2.26. The van der Waals surface area contributed by atoms with Crippen molar-refractivity contribution in [1.29, 1.82) is 5.26 Å². The van der Waals surface area contributed by atoms with Crippen LogP contribution in [0.5, 0.6) is 0 Å². The van der Waals surface area contributed by atoms with Crippen LogP contribution in [0.2, 0.25) is 0 Å². The summed E-state index contributed by atoms with van der Waals surface area (Å²) in [6.45, 7) is 1.20. The molecule has 0 unspecified atom stereocenters. The van der Waals surface area contributed by atoms with Gasteiger partial charge in [0.05, 0.1) is 17.6 Å². The first-order chi connectivity index (χ1) is 10.1. The van der Waals surface area contributed by atoms with Gasteiger partial charge in [0.15, 0.2) is 0 Å². The van der Waals surface area contributed by atoms with Gasteiger partial charge in [0.2, 0.25) is 0 Å². The van der Waals surface area contributed by atoms with Gasteiger partial charge >= 0.3 is 5.97 Å². The van der Waals surface area contributed by atoms with E-state index in [1.165, 1.54) is 6.07 Å². The molecule has 2 rings (SSSR count). The molecule has 0 radical (unpaired) electrons. The topological polar surface area (TPSA) is 73.1 Å². The van der Waals surface area contributed by atoms with Gasteiger partial charge in [-0.05, 0) is 50.3 Å². The third-order valence-corrected chi connectivity index (χ3v) is 4.13. The molecule has 0 aliphatic heterocycles. The van der Waals surface area contributed by atoms with E-state index < -0.39 is 5.97 Å². The number of nitrogens with one attached hydrogen (secondary N) is 1. The predicted octanol–water partition coefficient (Wildman–Crippen LogP) is 2.68. The molecule has 112 valence electrons. The Morgan fingerprint density at radius 1 is 1.38 bits per heavy atom. The first kappa shape index (κ1) is 15.5. The van der Waals surface area contributed by atoms with E-state index in [9.17, 15) is 9.18 Å². The van der Waals surface area contributed by atoms with Gasteiger partial charge in [-0.3, -0.25) is 4.79 Å². The van der Waals surface area contributed by atoms with Crippen molar-refractivity contribution in [2.24, 2.45) is 11.8 Å². The van der Waals surface area contributed by atoms with Crippen molar-refractivity contribution in [3.05, 3.63) is 35.1 Å². The molecule has 0 aromatic heterocycles. The van der Waals surface area contributed by atoms with Crippen LogP contribution >= 0.6 is 0 Å². The van der Waals surface area contributed by atoms with E-state index in [0.29, 0.717) is 23.6 Å². The highest BCUT2D eigenvalue weighted by molar-refractivity contribution is 5.69. The molecule has 0 saturated heterocycles. The number of benzene rings is 1. The zero-order valence-electron chi connectivity index (χ0n) is 11.8. The number of carboxylic acid groups (broad SMARTS) is 1. The van der Waals surface area contributed by atoms with Gasteiger partial charge in [-0.2, -0.15) is 5.26 Å². The van der Waals surface area contributed by atoms with Gasteiger partial charge in [-0.15, -0.1) is 0 Å². The van der Waals surface area contributed by atoms with Gasteiger partial charge in [0.1, 0.15) is 5.82 Å². The maximum Gasteiger partial charge on any atom is 0.306 e. The summed E-state index contributed by atoms with van der Waals surface area (Å²) in [4.78, 5) is 10.9. The van der Waals surface area contributed by atoms with Crippen LogP contribution in [0.4, 0.5) is 4.39 Å². The highest BCUT2D eigenvalue weighted by atomic mass is 19.1. The number of hydrogen-bond donors (Lipinski definition) is 2. The lowest BCUT2D eigenvalue weighted by molar-refractivity contribution is -0.143. The molecule has 1 aromatic carbocycles. The Morgan fingerprint density at radius 2 is 2.10 bits per heavy atom. The number of halogens is 1. The van der Waals surface area contributed by atoms with E-state index in [-0.39, 0.29) is 11.7 Å². The first-order valence-corrected chi connectivity index (χ1v) is 7.22. The molecular formula is C16H19FN2O2. The quantitative estimate of drug-likeness (QED) is 0.874. The molecule has 1 fully saturated rings. The highest BCUT2D eigenvalue weighted by Crippen LogP contribution is 2.28. The number of nitrogens with zero attached hydrogens (tertiary/aromatic N) is 1. The van der Waals surface area contributed by atoms with Crippen LogP contribution in [-0.4, -0.2) is 17.6 Å². The van der Waals surface area contributed by atoms with Crippen LogP contribution in [0, 0.1) is 29.0 Å². The summed E-state index contributed by atoms with van der Waals surface area (Å²) in [7, 11) is 0. The number of aliphatic carboxylic acids is 1. The summed E-state index contributed by atoms with van der Waals surface area (Å²) >= 11 is 0. The second-order valence-corrected chi connectivity index (χ2v) is 5.60. The molecule has 0 bridgehead atoms. The van der Waals surface area contributed by atoms with Crippen LogP contribution < -0.4 is 5.32 Å². The summed E-state index contributed by atoms with van der Waals surface area (Å²) < 4.78 is 13.7. The van der Waals surface area contributed by atoms with E-state index in [1.54, 1.807) is 12.1 Å². The van der Waals surface area contributed by atoms with Crippen LogP contribution in [0.1, 0.15) is 36.8 Å². The smallest absolute Gasteiger partial charge is 0.306 e. The third kappa shape index (κ3) is 4.27. The molecule has 1 aliphatic carbocycles. The SMILES string of the molecule is N#Cc1ccc(CNCC2CCC(C(=O)O)CC2)c(F)c1. The zero-order valence-corrected chi connectivity index (χ0v) is 11.8. The molecule has 1 aliphatic rings. The fourth-order valence-electron chi connectivity index (χ4n) is 2.78. The summed E-state index contributed by atoms with van der Waals surface area (Å²) in [6, 6.07) is 6.39. The molecule has 21 heavy (non-hydrogen) atoms. The molecule has 1 saturated carbocycles. The summed E-state index contributed by atoms with van der Waals surface area (Å²) in [5.74, 6) is -0.795. The van der Waals surface area contributed by atoms with Crippen molar-refractivity contribution in [3.63, 3.8) is 0 Å². The van der Waals surface area contributed by atoms with E-state index in [1.807, 2.05) is 6.07 Å². The third-order valence-electron chi connectivity index (χ3n) is 4.13. The molecule has 4 nitrogen and oxygen atoms in total. The molecule has 0 heterocycles. The molecular weight excluding hydrogens is 271 g/mol. The van der Waals surface area contributed by atoms with Gasteiger partial charge in [-0.25, -0.2) is 4.39 Å². The maximum atomic E-state index is 13.7. The van der Waals surface area contributed by atoms with Crippen molar-refractivity contribution < 1.29 is 14.3 Å². The van der Waals surface area contributed by atoms with Crippen molar-refractivity contribution >= 4 is 5.97 Å². The van der Waals surface area contributed by atoms with Crippen molar-refractivity contribution in [1.82, 2.24) is 5.32 Å². The fourth-order valence-corrected chi connectivity index (χ4v) is 2.78. The monoisotopic (exact) mass is 290 g/mol. The molecule has 5 heteroatoms. The van der Waals surface area contributed by atoms with Crippen LogP contribution in [-0.2, 0) is 11.3 Å². The van der Waals surface area contributed by atoms with E-state index in [4.69, 9.17) is 10.4 Å². The molecule has 1 aromatic rings. The Balaban J connectivity index is 1.75. The normalized spacial score (nSPS) is 21.7. The lowest BCUT2D eigenvalue weighted by atomic mass is 9.82. The Labute approximate surface area is 123 Å². The van der Waals surface area contributed by atoms with Crippen molar-refractivity contribution in [2.45, 2.75) is 32.2 Å². The Morgan fingerprint density at radius 3 is 2.67 bits per heavy atom. The van der Waals surface area contributed by atoms with Crippen LogP contribution in [0.15, 0.2) is 18.2 Å². The van der Waals surface area contributed by atoms with E-state index in [2.05, 4.69) is 5.32 Å². The number of hydrogen-bond acceptors (Lipinski definition) is 3. The summed E-state index contributed by atoms with van der Waals surface area (Å²) in [5, 5.41) is 20.9. The minimum absolute atomic E-state index is 0.197. The molecule has 0 atom stereocenters. The van der Waals surface area contributed by atoms with Gasteiger partial charge < -0.3 is 10.4 Å². The second-order valence-electron chi connectivity index (χ2n) is 5.60. The first-order valence-electron chi connectivity index (χ1n) is 7.22. The largest absolute Gasteiger partial charge is 0.481 e. The Hall–Kier alpha value is -1.93. The van der Waals surface area contributed by atoms with Crippen molar-refractivity contribution in [2.75, 3.05) is 6.54 Å². The molecule has 2 N–H and O–H groups in total. The highest BCUT2D eigenvalue weighted by Gasteiger charge is 2.25. The van der Waals surface area contributed by atoms with E-state index >= 15 is 0 Å². The maximum absolute atomic E-state index is 13.7. The molecule has 0 amide bonds. The summed E-state index contributed by atoms with van der Waals surface area (Å²) in [6.07, 6.45) is 3.26. The number of nitriles is 1. The van der Waals surface area contributed by atoms with Gasteiger partial charge in [0, 0.05) is 12.1 Å². The van der Waals surface area contributed by atoms with Crippen molar-refractivity contribution in [3.8, 4) is 6.07 Å². The summed E-state index contributed by atoms with van der Waals surface area (Å²) in [5.41, 5.74) is 0.872. The number of carboxylic acids is 1. The van der Waals surface area contributed by atoms with E-state index in [0.717, 1.165) is 32.2 Å². The standard InChI is InChI=1S/C16H19FN2O2/c17-15-7-12(8-18)3-6-14(15)10-19-9-11-1-4-13(5-2-11)16(20)21/h3,6-7,11,13,19H,1-2,4-5,9-10H2,(H,20,21). The predicted molar refractivity (Wildman–Crippen MR) is 75.9 cm³/mol. The Kier molecular flexibility index (Phi) is 5.29. The number of rotatable bonds is 5. The van der Waals surface area contributed by atoms with Crippen LogP contribution in [0.25, 0.3) is 0 Å². The number of carbonyl (C=O) groups is 1. The zero-order chi connectivity index (χ0) is 15.2.